The minimum absolute atomic E-state index is 0.00913. The molecule has 0 aliphatic heterocycles. The minimum Gasteiger partial charge on any atom is -0.348 e. The third-order valence-corrected chi connectivity index (χ3v) is 3.94. The summed E-state index contributed by atoms with van der Waals surface area (Å²) in [5.74, 6) is -0.218. The maximum Gasteiger partial charge on any atom is 0.269 e. The van der Waals surface area contributed by atoms with E-state index in [0.717, 1.165) is 19.3 Å². The molecule has 19 heavy (non-hydrogen) atoms. The highest BCUT2D eigenvalue weighted by Crippen LogP contribution is 2.25. The van der Waals surface area contributed by atoms with Crippen LogP contribution in [-0.4, -0.2) is 22.2 Å². The predicted molar refractivity (Wildman–Crippen MR) is 72.6 cm³/mol. The van der Waals surface area contributed by atoms with E-state index < -0.39 is 4.92 Å². The summed E-state index contributed by atoms with van der Waals surface area (Å²) in [6.07, 6.45) is 2.80. The molecule has 0 aromatic heterocycles. The average molecular weight is 283 g/mol. The number of nitrogens with zero attached hydrogens (tertiary/aromatic N) is 1. The molecule has 0 saturated heterocycles. The Balaban J connectivity index is 2.13. The predicted octanol–water partition coefficient (Wildman–Crippen LogP) is 2.79. The zero-order valence-corrected chi connectivity index (χ0v) is 11.3. The topological polar surface area (TPSA) is 72.2 Å². The summed E-state index contributed by atoms with van der Waals surface area (Å²) in [5, 5.41) is 13.5. The van der Waals surface area contributed by atoms with E-state index in [-0.39, 0.29) is 23.0 Å². The summed E-state index contributed by atoms with van der Waals surface area (Å²) in [7, 11) is 0. The molecule has 1 N–H and O–H groups in total. The van der Waals surface area contributed by atoms with Crippen molar-refractivity contribution < 1.29 is 9.72 Å². The number of rotatable bonds is 3. The van der Waals surface area contributed by atoms with Crippen LogP contribution in [0, 0.1) is 17.0 Å². The van der Waals surface area contributed by atoms with Gasteiger partial charge in [-0.25, -0.2) is 0 Å². The smallest absolute Gasteiger partial charge is 0.269 e. The molecule has 1 amide bonds. The van der Waals surface area contributed by atoms with E-state index in [2.05, 4.69) is 5.32 Å². The Labute approximate surface area is 116 Å². The van der Waals surface area contributed by atoms with Crippen LogP contribution < -0.4 is 5.32 Å². The van der Waals surface area contributed by atoms with E-state index in [1.807, 2.05) is 0 Å². The van der Waals surface area contributed by atoms with Crippen LogP contribution in [0.5, 0.6) is 0 Å². The second-order valence-corrected chi connectivity index (χ2v) is 5.34. The lowest BCUT2D eigenvalue weighted by molar-refractivity contribution is -0.384. The number of aryl methyl sites for hydroxylation is 1. The van der Waals surface area contributed by atoms with E-state index >= 15 is 0 Å². The van der Waals surface area contributed by atoms with Gasteiger partial charge in [0.25, 0.3) is 11.6 Å². The molecular formula is C13H15ClN2O3. The molecule has 1 aromatic rings. The number of hydrogen-bond acceptors (Lipinski definition) is 3. The molecule has 1 aliphatic rings. The fourth-order valence-electron chi connectivity index (χ4n) is 2.34. The first-order valence-electron chi connectivity index (χ1n) is 6.19. The average Bonchev–Trinajstić information content (AvgIpc) is 2.74. The lowest BCUT2D eigenvalue weighted by Crippen LogP contribution is -2.38. The van der Waals surface area contributed by atoms with E-state index in [0.29, 0.717) is 11.1 Å². The summed E-state index contributed by atoms with van der Waals surface area (Å²) < 4.78 is 0. The quantitative estimate of drug-likeness (QED) is 0.526. The first-order valence-corrected chi connectivity index (χ1v) is 6.62. The molecule has 0 radical (unpaired) electrons. The van der Waals surface area contributed by atoms with Crippen molar-refractivity contribution >= 4 is 23.2 Å². The maximum absolute atomic E-state index is 12.1. The zero-order chi connectivity index (χ0) is 14.0. The normalized spacial score (nSPS) is 22.2. The van der Waals surface area contributed by atoms with Gasteiger partial charge < -0.3 is 5.32 Å². The number of halogens is 1. The molecule has 0 bridgehead atoms. The van der Waals surface area contributed by atoms with E-state index in [9.17, 15) is 14.9 Å². The van der Waals surface area contributed by atoms with Gasteiger partial charge in [-0.2, -0.15) is 0 Å². The molecule has 1 saturated carbocycles. The molecule has 2 rings (SSSR count). The summed E-state index contributed by atoms with van der Waals surface area (Å²) in [6.45, 7) is 1.69. The Morgan fingerprint density at radius 1 is 1.47 bits per heavy atom. The number of nitrogens with one attached hydrogen (secondary N) is 1. The molecule has 5 nitrogen and oxygen atoms in total. The van der Waals surface area contributed by atoms with Gasteiger partial charge in [0.05, 0.1) is 10.3 Å². The van der Waals surface area contributed by atoms with Gasteiger partial charge in [0.1, 0.15) is 0 Å². The SMILES string of the molecule is Cc1cc([N+](=O)[O-])ccc1C(=O)NC1CCCC1Cl. The molecule has 1 fully saturated rings. The van der Waals surface area contributed by atoms with E-state index in [1.165, 1.54) is 18.2 Å². The van der Waals surface area contributed by atoms with E-state index in [4.69, 9.17) is 11.6 Å². The Hall–Kier alpha value is -1.62. The lowest BCUT2D eigenvalue weighted by atomic mass is 10.1. The van der Waals surface area contributed by atoms with Gasteiger partial charge in [-0.1, -0.05) is 0 Å². The summed E-state index contributed by atoms with van der Waals surface area (Å²) in [4.78, 5) is 22.3. The number of carbonyl (C=O) groups excluding carboxylic acids is 1. The van der Waals surface area contributed by atoms with Crippen molar-refractivity contribution in [1.82, 2.24) is 5.32 Å². The molecule has 2 atom stereocenters. The molecular weight excluding hydrogens is 268 g/mol. The van der Waals surface area contributed by atoms with E-state index in [1.54, 1.807) is 6.92 Å². The fraction of sp³-hybridized carbons (Fsp3) is 0.462. The van der Waals surface area contributed by atoms with Crippen LogP contribution in [0.2, 0.25) is 0 Å². The van der Waals surface area contributed by atoms with Crippen LogP contribution >= 0.6 is 11.6 Å². The van der Waals surface area contributed by atoms with Gasteiger partial charge in [0.2, 0.25) is 0 Å². The monoisotopic (exact) mass is 282 g/mol. The van der Waals surface area contributed by atoms with Crippen molar-refractivity contribution in [2.45, 2.75) is 37.6 Å². The Kier molecular flexibility index (Phi) is 4.04. The largest absolute Gasteiger partial charge is 0.348 e. The Bertz CT molecular complexity index is 519. The van der Waals surface area contributed by atoms with Crippen LogP contribution in [0.15, 0.2) is 18.2 Å². The number of nitro benzene ring substituents is 1. The van der Waals surface area contributed by atoms with Gasteiger partial charge in [0.15, 0.2) is 0 Å². The standard InChI is InChI=1S/C13H15ClN2O3/c1-8-7-9(16(18)19)5-6-10(8)13(17)15-12-4-2-3-11(12)14/h5-7,11-12H,2-4H2,1H3,(H,15,17). The molecule has 0 spiro atoms. The number of benzene rings is 1. The number of carbonyl (C=O) groups is 1. The summed E-state index contributed by atoms with van der Waals surface area (Å²) >= 11 is 6.11. The number of hydrogen-bond donors (Lipinski definition) is 1. The first-order chi connectivity index (χ1) is 8.99. The highest BCUT2D eigenvalue weighted by atomic mass is 35.5. The molecule has 102 valence electrons. The number of alkyl halides is 1. The van der Waals surface area contributed by atoms with Crippen LogP contribution in [0.3, 0.4) is 0 Å². The van der Waals surface area contributed by atoms with Crippen molar-refractivity contribution in [3.05, 3.63) is 39.4 Å². The van der Waals surface area contributed by atoms with Crippen LogP contribution in [0.1, 0.15) is 35.2 Å². The number of amides is 1. The highest BCUT2D eigenvalue weighted by Gasteiger charge is 2.27. The third kappa shape index (κ3) is 3.04. The van der Waals surface area contributed by atoms with Crippen molar-refractivity contribution in [1.29, 1.82) is 0 Å². The van der Waals surface area contributed by atoms with Gasteiger partial charge in [-0.05, 0) is 37.8 Å². The first kappa shape index (κ1) is 13.8. The Morgan fingerprint density at radius 2 is 2.21 bits per heavy atom. The van der Waals surface area contributed by atoms with Crippen LogP contribution in [0.4, 0.5) is 5.69 Å². The third-order valence-electron chi connectivity index (χ3n) is 3.41. The summed E-state index contributed by atoms with van der Waals surface area (Å²) in [6, 6.07) is 4.22. The number of nitro groups is 1. The molecule has 0 heterocycles. The van der Waals surface area contributed by atoms with Gasteiger partial charge in [-0.15, -0.1) is 11.6 Å². The minimum atomic E-state index is -0.472. The maximum atomic E-state index is 12.1. The zero-order valence-electron chi connectivity index (χ0n) is 10.6. The van der Waals surface area contributed by atoms with Gasteiger partial charge in [-0.3, -0.25) is 14.9 Å². The highest BCUT2D eigenvalue weighted by molar-refractivity contribution is 6.21. The van der Waals surface area contributed by atoms with Crippen LogP contribution in [0.25, 0.3) is 0 Å². The number of non-ortho nitro benzene ring substituents is 1. The van der Waals surface area contributed by atoms with Gasteiger partial charge in [0, 0.05) is 23.7 Å². The van der Waals surface area contributed by atoms with Crippen molar-refractivity contribution in [2.75, 3.05) is 0 Å². The molecule has 1 aromatic carbocycles. The van der Waals surface area contributed by atoms with Crippen molar-refractivity contribution in [3.8, 4) is 0 Å². The summed E-state index contributed by atoms with van der Waals surface area (Å²) in [5.41, 5.74) is 1.04. The molecule has 6 heteroatoms. The Morgan fingerprint density at radius 3 is 2.74 bits per heavy atom. The lowest BCUT2D eigenvalue weighted by Gasteiger charge is -2.16. The van der Waals surface area contributed by atoms with Crippen molar-refractivity contribution in [2.24, 2.45) is 0 Å². The fourth-order valence-corrected chi connectivity index (χ4v) is 2.68. The van der Waals surface area contributed by atoms with Gasteiger partial charge >= 0.3 is 0 Å². The second kappa shape index (κ2) is 5.57. The molecule has 2 unspecified atom stereocenters. The second-order valence-electron chi connectivity index (χ2n) is 4.78. The van der Waals surface area contributed by atoms with Crippen LogP contribution in [-0.2, 0) is 0 Å². The molecule has 1 aliphatic carbocycles. The van der Waals surface area contributed by atoms with Crippen molar-refractivity contribution in [3.63, 3.8) is 0 Å².